The molecule has 144 valence electrons. The van der Waals surface area contributed by atoms with E-state index < -0.39 is 5.41 Å². The molecule has 0 bridgehead atoms. The summed E-state index contributed by atoms with van der Waals surface area (Å²) >= 11 is 0. The molecule has 2 aromatic heterocycles. The number of piperidine rings is 1. The Morgan fingerprint density at radius 1 is 1.21 bits per heavy atom. The number of fused-ring (bicyclic) bond motifs is 1. The summed E-state index contributed by atoms with van der Waals surface area (Å²) in [6, 6.07) is 9.84. The van der Waals surface area contributed by atoms with Crippen molar-refractivity contribution in [1.82, 2.24) is 14.9 Å². The average Bonchev–Trinajstić information content (AvgIpc) is 3.00. The van der Waals surface area contributed by atoms with E-state index in [9.17, 15) is 9.59 Å². The molecule has 5 nitrogen and oxygen atoms in total. The fourth-order valence-corrected chi connectivity index (χ4v) is 4.19. The molecule has 1 aliphatic rings. The number of H-pyrrole nitrogens is 1. The van der Waals surface area contributed by atoms with Crippen molar-refractivity contribution in [1.29, 1.82) is 0 Å². The van der Waals surface area contributed by atoms with E-state index in [1.807, 2.05) is 33.0 Å². The van der Waals surface area contributed by atoms with Gasteiger partial charge in [-0.3, -0.25) is 9.59 Å². The van der Waals surface area contributed by atoms with E-state index in [-0.39, 0.29) is 11.5 Å². The number of hydrogen-bond donors (Lipinski definition) is 2. The van der Waals surface area contributed by atoms with Crippen LogP contribution in [0.5, 0.6) is 0 Å². The normalized spacial score (nSPS) is 19.6. The fourth-order valence-electron chi connectivity index (χ4n) is 4.19. The molecule has 1 aliphatic heterocycles. The number of aromatic amines is 1. The third-order valence-corrected chi connectivity index (χ3v) is 5.90. The maximum absolute atomic E-state index is 12.9. The highest BCUT2D eigenvalue weighted by Crippen LogP contribution is 2.32. The van der Waals surface area contributed by atoms with Crippen molar-refractivity contribution in [3.05, 3.63) is 64.6 Å². The lowest BCUT2D eigenvalue weighted by atomic mass is 9.76. The first kappa shape index (κ1) is 18.3. The van der Waals surface area contributed by atoms with Crippen LogP contribution in [0, 0.1) is 0 Å². The second-order valence-electron chi connectivity index (χ2n) is 7.97. The number of allylic oxidation sites excluding steroid dienone is 1. The maximum atomic E-state index is 12.9. The van der Waals surface area contributed by atoms with Crippen molar-refractivity contribution in [2.75, 3.05) is 6.54 Å². The van der Waals surface area contributed by atoms with Crippen molar-refractivity contribution in [2.45, 2.75) is 32.1 Å². The van der Waals surface area contributed by atoms with E-state index >= 15 is 0 Å². The number of carbonyl (C=O) groups is 1. The molecular weight excluding hydrogens is 350 g/mol. The molecule has 0 spiro atoms. The van der Waals surface area contributed by atoms with E-state index in [2.05, 4.69) is 39.8 Å². The van der Waals surface area contributed by atoms with Crippen molar-refractivity contribution < 1.29 is 4.79 Å². The van der Waals surface area contributed by atoms with E-state index in [0.717, 1.165) is 39.7 Å². The molecule has 5 heteroatoms. The molecule has 1 fully saturated rings. The van der Waals surface area contributed by atoms with Gasteiger partial charge in [-0.25, -0.2) is 0 Å². The molecule has 0 radical (unpaired) electrons. The minimum absolute atomic E-state index is 0.0752. The van der Waals surface area contributed by atoms with Crippen molar-refractivity contribution >= 4 is 22.4 Å². The van der Waals surface area contributed by atoms with Gasteiger partial charge in [0.15, 0.2) is 0 Å². The molecule has 1 atom stereocenters. The number of aromatic nitrogens is 2. The van der Waals surface area contributed by atoms with Gasteiger partial charge in [-0.2, -0.15) is 0 Å². The Kier molecular flexibility index (Phi) is 4.26. The molecule has 1 unspecified atom stereocenters. The molecule has 4 rings (SSSR count). The Labute approximate surface area is 164 Å². The molecule has 1 saturated heterocycles. The summed E-state index contributed by atoms with van der Waals surface area (Å²) in [5, 5.41) is 3.99. The Balaban J connectivity index is 1.80. The van der Waals surface area contributed by atoms with Crippen molar-refractivity contribution in [3.8, 4) is 11.3 Å². The number of nitrogens with one attached hydrogen (secondary N) is 2. The van der Waals surface area contributed by atoms with Gasteiger partial charge in [-0.05, 0) is 56.0 Å². The second kappa shape index (κ2) is 6.51. The highest BCUT2D eigenvalue weighted by atomic mass is 16.2. The number of pyridine rings is 1. The van der Waals surface area contributed by atoms with E-state index in [1.165, 1.54) is 0 Å². The highest BCUT2D eigenvalue weighted by Gasteiger charge is 2.39. The zero-order valence-corrected chi connectivity index (χ0v) is 16.6. The van der Waals surface area contributed by atoms with Crippen LogP contribution in [0.1, 0.15) is 37.8 Å². The number of nitrogens with zero attached hydrogens (tertiary/aromatic N) is 1. The summed E-state index contributed by atoms with van der Waals surface area (Å²) in [5.74, 6) is -0.0752. The van der Waals surface area contributed by atoms with Crippen LogP contribution in [0.25, 0.3) is 27.7 Å². The maximum Gasteiger partial charge on any atom is 0.252 e. The van der Waals surface area contributed by atoms with Gasteiger partial charge in [-0.1, -0.05) is 18.7 Å². The number of rotatable bonds is 3. The van der Waals surface area contributed by atoms with Gasteiger partial charge in [0.1, 0.15) is 0 Å². The van der Waals surface area contributed by atoms with Crippen LogP contribution in [-0.2, 0) is 17.3 Å². The van der Waals surface area contributed by atoms with Crippen LogP contribution >= 0.6 is 0 Å². The fraction of sp³-hybridized carbons (Fsp3) is 0.304. The monoisotopic (exact) mass is 375 g/mol. The van der Waals surface area contributed by atoms with Gasteiger partial charge >= 0.3 is 0 Å². The molecule has 1 amide bonds. The molecule has 28 heavy (non-hydrogen) atoms. The van der Waals surface area contributed by atoms with Gasteiger partial charge in [0.2, 0.25) is 5.91 Å². The first-order chi connectivity index (χ1) is 13.3. The van der Waals surface area contributed by atoms with Gasteiger partial charge in [-0.15, -0.1) is 0 Å². The second-order valence-corrected chi connectivity index (χ2v) is 7.97. The largest absolute Gasteiger partial charge is 0.355 e. The SMILES string of the molecule is C=C(C)c1cn(C)c2ccc(-c3ccc(C4(C)CCCNC4=O)c(=O)[nH]3)cc12. The van der Waals surface area contributed by atoms with Crippen LogP contribution in [-0.4, -0.2) is 22.0 Å². The van der Waals surface area contributed by atoms with Gasteiger partial charge in [0.25, 0.3) is 5.56 Å². The first-order valence-electron chi connectivity index (χ1n) is 9.59. The Bertz CT molecular complexity index is 1170. The Morgan fingerprint density at radius 3 is 2.68 bits per heavy atom. The summed E-state index contributed by atoms with van der Waals surface area (Å²) in [7, 11) is 2.01. The predicted molar refractivity (Wildman–Crippen MR) is 113 cm³/mol. The summed E-state index contributed by atoms with van der Waals surface area (Å²) in [5.41, 5.74) is 4.44. The lowest BCUT2D eigenvalue weighted by molar-refractivity contribution is -0.128. The standard InChI is InChI=1S/C23H25N3O2/c1-14(2)17-13-26(4)20-9-6-15(12-16(17)20)19-8-7-18(21(27)25-19)23(3)10-5-11-24-22(23)28/h6-9,12-13H,1,5,10-11H2,2-4H3,(H,24,28)(H,25,27). The van der Waals surface area contributed by atoms with E-state index in [1.54, 1.807) is 6.07 Å². The predicted octanol–water partition coefficient (Wildman–Crippen LogP) is 3.73. The van der Waals surface area contributed by atoms with E-state index in [4.69, 9.17) is 0 Å². The topological polar surface area (TPSA) is 66.9 Å². The molecule has 0 saturated carbocycles. The molecule has 3 aromatic rings. The summed E-state index contributed by atoms with van der Waals surface area (Å²) < 4.78 is 2.08. The third kappa shape index (κ3) is 2.78. The van der Waals surface area contributed by atoms with Gasteiger partial charge in [0, 0.05) is 47.5 Å². The summed E-state index contributed by atoms with van der Waals surface area (Å²) in [6.45, 7) is 8.59. The highest BCUT2D eigenvalue weighted by molar-refractivity contribution is 5.95. The van der Waals surface area contributed by atoms with Crippen LogP contribution in [0.3, 0.4) is 0 Å². The number of amides is 1. The third-order valence-electron chi connectivity index (χ3n) is 5.90. The summed E-state index contributed by atoms with van der Waals surface area (Å²) in [4.78, 5) is 28.2. The average molecular weight is 375 g/mol. The number of hydrogen-bond acceptors (Lipinski definition) is 2. The molecular formula is C23H25N3O2. The smallest absolute Gasteiger partial charge is 0.252 e. The first-order valence-corrected chi connectivity index (χ1v) is 9.59. The van der Waals surface area contributed by atoms with Gasteiger partial charge in [0.05, 0.1) is 5.41 Å². The van der Waals surface area contributed by atoms with Crippen LogP contribution in [0.2, 0.25) is 0 Å². The zero-order valence-electron chi connectivity index (χ0n) is 16.6. The molecule has 0 aliphatic carbocycles. The van der Waals surface area contributed by atoms with Gasteiger partial charge < -0.3 is 14.9 Å². The van der Waals surface area contributed by atoms with Crippen LogP contribution < -0.4 is 10.9 Å². The minimum atomic E-state index is -0.777. The van der Waals surface area contributed by atoms with E-state index in [0.29, 0.717) is 18.5 Å². The number of carbonyl (C=O) groups excluding carboxylic acids is 1. The summed E-state index contributed by atoms with van der Waals surface area (Å²) in [6.07, 6.45) is 3.63. The molecule has 2 N–H and O–H groups in total. The van der Waals surface area contributed by atoms with Crippen LogP contribution in [0.4, 0.5) is 0 Å². The zero-order chi connectivity index (χ0) is 20.1. The lowest BCUT2D eigenvalue weighted by Crippen LogP contribution is -2.49. The molecule has 1 aromatic carbocycles. The number of aryl methyl sites for hydroxylation is 1. The Morgan fingerprint density at radius 2 is 2.00 bits per heavy atom. The lowest BCUT2D eigenvalue weighted by Gasteiger charge is -2.32. The quantitative estimate of drug-likeness (QED) is 0.732. The van der Waals surface area contributed by atoms with Crippen LogP contribution in [0.15, 0.2) is 47.9 Å². The minimum Gasteiger partial charge on any atom is -0.355 e. The Hall–Kier alpha value is -3.08. The number of benzene rings is 1. The van der Waals surface area contributed by atoms with Crippen molar-refractivity contribution in [2.24, 2.45) is 7.05 Å². The van der Waals surface area contributed by atoms with Crippen molar-refractivity contribution in [3.63, 3.8) is 0 Å². The molecule has 3 heterocycles.